The van der Waals surface area contributed by atoms with Crippen molar-refractivity contribution >= 4 is 0 Å². The molecule has 0 aromatic carbocycles. The molecule has 16 heavy (non-hydrogen) atoms. The first kappa shape index (κ1) is 11.2. The Balaban J connectivity index is 1.83. The topological polar surface area (TPSA) is 52.6 Å². The van der Waals surface area contributed by atoms with Crippen molar-refractivity contribution in [3.63, 3.8) is 0 Å². The van der Waals surface area contributed by atoms with Crippen molar-refractivity contribution in [2.75, 3.05) is 33.4 Å². The molecule has 1 atom stereocenters. The summed E-state index contributed by atoms with van der Waals surface area (Å²) in [6.07, 6.45) is 1.78. The summed E-state index contributed by atoms with van der Waals surface area (Å²) in [5.41, 5.74) is 0. The summed E-state index contributed by atoms with van der Waals surface area (Å²) in [6.45, 7) is 3.04. The molecule has 0 saturated carbocycles. The van der Waals surface area contributed by atoms with Crippen molar-refractivity contribution in [1.82, 2.24) is 10.3 Å². The van der Waals surface area contributed by atoms with E-state index < -0.39 is 0 Å². The summed E-state index contributed by atoms with van der Waals surface area (Å²) in [5, 5.41) is 3.25. The van der Waals surface area contributed by atoms with Gasteiger partial charge in [-0.15, -0.1) is 0 Å². The van der Waals surface area contributed by atoms with Gasteiger partial charge in [-0.2, -0.15) is 0 Å². The largest absolute Gasteiger partial charge is 0.491 e. The third-order valence-electron chi connectivity index (χ3n) is 2.36. The molecule has 1 unspecified atom stereocenters. The van der Waals surface area contributed by atoms with Crippen LogP contribution in [0.2, 0.25) is 0 Å². The highest BCUT2D eigenvalue weighted by Gasteiger charge is 2.13. The predicted octanol–water partition coefficient (Wildman–Crippen LogP) is 0.457. The Morgan fingerprint density at radius 1 is 1.62 bits per heavy atom. The molecule has 1 aliphatic heterocycles. The van der Waals surface area contributed by atoms with Gasteiger partial charge in [0, 0.05) is 25.4 Å². The van der Waals surface area contributed by atoms with E-state index in [2.05, 4.69) is 10.3 Å². The van der Waals surface area contributed by atoms with Crippen LogP contribution in [0.1, 0.15) is 0 Å². The van der Waals surface area contributed by atoms with Crippen LogP contribution in [0, 0.1) is 0 Å². The van der Waals surface area contributed by atoms with E-state index in [1.807, 2.05) is 0 Å². The van der Waals surface area contributed by atoms with Crippen LogP contribution in [0.15, 0.2) is 18.3 Å². The van der Waals surface area contributed by atoms with Gasteiger partial charge in [0.25, 0.3) is 0 Å². The Hall–Kier alpha value is -1.33. The molecule has 1 aliphatic rings. The van der Waals surface area contributed by atoms with Crippen LogP contribution >= 0.6 is 0 Å². The zero-order valence-corrected chi connectivity index (χ0v) is 9.31. The first-order valence-corrected chi connectivity index (χ1v) is 5.33. The lowest BCUT2D eigenvalue weighted by Gasteiger charge is -2.23. The summed E-state index contributed by atoms with van der Waals surface area (Å²) < 4.78 is 16.1. The number of ether oxygens (including phenoxy) is 3. The summed E-state index contributed by atoms with van der Waals surface area (Å²) in [4.78, 5) is 4.01. The zero-order chi connectivity index (χ0) is 11.2. The SMILES string of the molecule is COc1cc(OCC2CNCCO2)ccn1. The molecular formula is C11H16N2O3. The average molecular weight is 224 g/mol. The summed E-state index contributed by atoms with van der Waals surface area (Å²) in [5.74, 6) is 1.31. The van der Waals surface area contributed by atoms with E-state index >= 15 is 0 Å². The molecule has 1 fully saturated rings. The van der Waals surface area contributed by atoms with Gasteiger partial charge in [0.05, 0.1) is 13.7 Å². The number of pyridine rings is 1. The molecule has 0 radical (unpaired) electrons. The summed E-state index contributed by atoms with van der Waals surface area (Å²) >= 11 is 0. The fourth-order valence-electron chi connectivity index (χ4n) is 1.51. The summed E-state index contributed by atoms with van der Waals surface area (Å²) in [6, 6.07) is 3.56. The number of hydrogen-bond acceptors (Lipinski definition) is 5. The van der Waals surface area contributed by atoms with Crippen LogP contribution in [-0.2, 0) is 4.74 Å². The first-order valence-electron chi connectivity index (χ1n) is 5.33. The van der Waals surface area contributed by atoms with Gasteiger partial charge in [0.1, 0.15) is 18.5 Å². The van der Waals surface area contributed by atoms with E-state index in [0.29, 0.717) is 12.5 Å². The van der Waals surface area contributed by atoms with E-state index in [1.165, 1.54) is 0 Å². The van der Waals surface area contributed by atoms with Crippen LogP contribution in [0.3, 0.4) is 0 Å². The molecule has 0 bridgehead atoms. The minimum absolute atomic E-state index is 0.118. The van der Waals surface area contributed by atoms with Crippen LogP contribution in [0.4, 0.5) is 0 Å². The Morgan fingerprint density at radius 3 is 3.31 bits per heavy atom. The molecule has 0 spiro atoms. The highest BCUT2D eigenvalue weighted by molar-refractivity contribution is 5.25. The van der Waals surface area contributed by atoms with Gasteiger partial charge in [-0.05, 0) is 6.07 Å². The highest BCUT2D eigenvalue weighted by atomic mass is 16.5. The number of methoxy groups -OCH3 is 1. The normalized spacial score (nSPS) is 20.4. The van der Waals surface area contributed by atoms with E-state index in [1.54, 1.807) is 25.4 Å². The third kappa shape index (κ3) is 3.08. The molecule has 1 N–H and O–H groups in total. The second-order valence-electron chi connectivity index (χ2n) is 3.54. The van der Waals surface area contributed by atoms with Gasteiger partial charge >= 0.3 is 0 Å². The van der Waals surface area contributed by atoms with E-state index in [9.17, 15) is 0 Å². The Kier molecular flexibility index (Phi) is 3.96. The number of nitrogens with zero attached hydrogens (tertiary/aromatic N) is 1. The Morgan fingerprint density at radius 2 is 2.56 bits per heavy atom. The first-order chi connectivity index (χ1) is 7.88. The Bertz CT molecular complexity index is 327. The molecule has 88 valence electrons. The van der Waals surface area contributed by atoms with Gasteiger partial charge < -0.3 is 19.5 Å². The number of nitrogens with one attached hydrogen (secondary N) is 1. The third-order valence-corrected chi connectivity index (χ3v) is 2.36. The number of aromatic nitrogens is 1. The van der Waals surface area contributed by atoms with E-state index in [4.69, 9.17) is 14.2 Å². The smallest absolute Gasteiger partial charge is 0.216 e. The van der Waals surface area contributed by atoms with Crippen LogP contribution in [0.5, 0.6) is 11.6 Å². The van der Waals surface area contributed by atoms with Gasteiger partial charge in [-0.1, -0.05) is 0 Å². The fourth-order valence-corrected chi connectivity index (χ4v) is 1.51. The summed E-state index contributed by atoms with van der Waals surface area (Å²) in [7, 11) is 1.58. The van der Waals surface area contributed by atoms with Gasteiger partial charge in [-0.3, -0.25) is 0 Å². The molecule has 1 saturated heterocycles. The van der Waals surface area contributed by atoms with Crippen molar-refractivity contribution < 1.29 is 14.2 Å². The Labute approximate surface area is 94.7 Å². The van der Waals surface area contributed by atoms with Crippen molar-refractivity contribution in [3.8, 4) is 11.6 Å². The standard InChI is InChI=1S/C11H16N2O3/c1-14-11-6-9(2-3-13-11)16-8-10-7-12-4-5-15-10/h2-3,6,10,12H,4-5,7-8H2,1H3. The van der Waals surface area contributed by atoms with Crippen molar-refractivity contribution in [2.24, 2.45) is 0 Å². The predicted molar refractivity (Wildman–Crippen MR) is 58.9 cm³/mol. The molecule has 5 nitrogen and oxygen atoms in total. The van der Waals surface area contributed by atoms with Crippen LogP contribution < -0.4 is 14.8 Å². The molecule has 2 rings (SSSR count). The fraction of sp³-hybridized carbons (Fsp3) is 0.545. The van der Waals surface area contributed by atoms with Crippen molar-refractivity contribution in [3.05, 3.63) is 18.3 Å². The lowest BCUT2D eigenvalue weighted by molar-refractivity contribution is 0.000135. The minimum atomic E-state index is 0.118. The molecular weight excluding hydrogens is 208 g/mol. The maximum atomic E-state index is 5.60. The van der Waals surface area contributed by atoms with Crippen molar-refractivity contribution in [2.45, 2.75) is 6.10 Å². The maximum absolute atomic E-state index is 5.60. The molecule has 2 heterocycles. The van der Waals surface area contributed by atoms with Crippen LogP contribution in [0.25, 0.3) is 0 Å². The second kappa shape index (κ2) is 5.67. The zero-order valence-electron chi connectivity index (χ0n) is 9.31. The number of rotatable bonds is 4. The monoisotopic (exact) mass is 224 g/mol. The van der Waals surface area contributed by atoms with E-state index in [0.717, 1.165) is 25.4 Å². The molecule has 1 aromatic heterocycles. The van der Waals surface area contributed by atoms with Gasteiger partial charge in [-0.25, -0.2) is 4.98 Å². The minimum Gasteiger partial charge on any atom is -0.491 e. The molecule has 5 heteroatoms. The lowest BCUT2D eigenvalue weighted by atomic mass is 10.3. The average Bonchev–Trinajstić information content (AvgIpc) is 2.38. The van der Waals surface area contributed by atoms with Crippen LogP contribution in [-0.4, -0.2) is 44.5 Å². The lowest BCUT2D eigenvalue weighted by Crippen LogP contribution is -2.41. The highest BCUT2D eigenvalue weighted by Crippen LogP contribution is 2.16. The van der Waals surface area contributed by atoms with Gasteiger partial charge in [0.2, 0.25) is 5.88 Å². The van der Waals surface area contributed by atoms with Crippen molar-refractivity contribution in [1.29, 1.82) is 0 Å². The molecule has 0 amide bonds. The van der Waals surface area contributed by atoms with Gasteiger partial charge in [0.15, 0.2) is 0 Å². The second-order valence-corrected chi connectivity index (χ2v) is 3.54. The molecule has 1 aromatic rings. The number of hydrogen-bond donors (Lipinski definition) is 1. The van der Waals surface area contributed by atoms with E-state index in [-0.39, 0.29) is 6.10 Å². The maximum Gasteiger partial charge on any atom is 0.216 e. The number of morpholine rings is 1. The quantitative estimate of drug-likeness (QED) is 0.805. The molecule has 0 aliphatic carbocycles.